The lowest BCUT2D eigenvalue weighted by Gasteiger charge is -2.32. The molecular formula is C23H30N2O. The minimum Gasteiger partial charge on any atom is -0.342 e. The lowest BCUT2D eigenvalue weighted by Crippen LogP contribution is -2.19. The minimum atomic E-state index is -0.0628. The number of rotatable bonds is 6. The van der Waals surface area contributed by atoms with Gasteiger partial charge in [0.25, 0.3) is 0 Å². The van der Waals surface area contributed by atoms with Crippen LogP contribution < -0.4 is 0 Å². The summed E-state index contributed by atoms with van der Waals surface area (Å²) in [6, 6.07) is 0. The Morgan fingerprint density at radius 1 is 1.23 bits per heavy atom. The standard InChI is InChI=1S/C23H30N2O/c1-17(11-12-20-19(3)10-7-13-23(20,4)5)8-6-9-18(2)14-22(26)21-15-24-16-25-21/h6,8-9,11-12,14-16H,7,10,13H2,1-5H3,(H,24,25). The van der Waals surface area contributed by atoms with Crippen LogP contribution in [-0.2, 0) is 0 Å². The summed E-state index contributed by atoms with van der Waals surface area (Å²) in [5, 5.41) is 0. The van der Waals surface area contributed by atoms with Crippen LogP contribution in [-0.4, -0.2) is 15.8 Å². The van der Waals surface area contributed by atoms with Crippen LogP contribution in [0, 0.1) is 5.41 Å². The molecule has 26 heavy (non-hydrogen) atoms. The van der Waals surface area contributed by atoms with E-state index in [-0.39, 0.29) is 11.2 Å². The molecule has 0 saturated carbocycles. The molecule has 1 heterocycles. The number of hydrogen-bond acceptors (Lipinski definition) is 2. The van der Waals surface area contributed by atoms with Crippen LogP contribution in [0.15, 0.2) is 71.3 Å². The van der Waals surface area contributed by atoms with E-state index >= 15 is 0 Å². The van der Waals surface area contributed by atoms with Gasteiger partial charge in [-0.15, -0.1) is 0 Å². The van der Waals surface area contributed by atoms with Gasteiger partial charge in [0.05, 0.1) is 12.5 Å². The Morgan fingerprint density at radius 2 is 2.00 bits per heavy atom. The number of nitrogens with one attached hydrogen (secondary N) is 1. The highest BCUT2D eigenvalue weighted by atomic mass is 16.1. The number of aromatic nitrogens is 2. The zero-order chi connectivity index (χ0) is 19.2. The smallest absolute Gasteiger partial charge is 0.203 e. The lowest BCUT2D eigenvalue weighted by atomic mass is 9.72. The molecule has 0 bridgehead atoms. The number of hydrogen-bond donors (Lipinski definition) is 1. The molecule has 1 aromatic rings. The highest BCUT2D eigenvalue weighted by Gasteiger charge is 2.26. The summed E-state index contributed by atoms with van der Waals surface area (Å²) < 4.78 is 0. The molecule has 0 spiro atoms. The quantitative estimate of drug-likeness (QED) is 0.381. The van der Waals surface area contributed by atoms with Crippen LogP contribution in [0.4, 0.5) is 0 Å². The van der Waals surface area contributed by atoms with Gasteiger partial charge in [-0.25, -0.2) is 4.98 Å². The molecule has 0 fully saturated rings. The summed E-state index contributed by atoms with van der Waals surface area (Å²) >= 11 is 0. The zero-order valence-electron chi connectivity index (χ0n) is 16.6. The van der Waals surface area contributed by atoms with Gasteiger partial charge in [-0.3, -0.25) is 4.79 Å². The van der Waals surface area contributed by atoms with Gasteiger partial charge >= 0.3 is 0 Å². The molecule has 0 unspecified atom stereocenters. The first-order valence-electron chi connectivity index (χ1n) is 9.24. The summed E-state index contributed by atoms with van der Waals surface area (Å²) in [6.07, 6.45) is 18.9. The van der Waals surface area contributed by atoms with E-state index in [0.29, 0.717) is 5.69 Å². The molecule has 3 heteroatoms. The first-order chi connectivity index (χ1) is 12.3. The van der Waals surface area contributed by atoms with Crippen molar-refractivity contribution in [1.29, 1.82) is 0 Å². The van der Waals surface area contributed by atoms with Crippen molar-refractivity contribution in [2.75, 3.05) is 0 Å². The first kappa shape index (κ1) is 19.9. The summed E-state index contributed by atoms with van der Waals surface area (Å²) in [7, 11) is 0. The fourth-order valence-corrected chi connectivity index (χ4v) is 3.36. The Kier molecular flexibility index (Phi) is 6.73. The van der Waals surface area contributed by atoms with E-state index < -0.39 is 0 Å². The van der Waals surface area contributed by atoms with Gasteiger partial charge in [0.2, 0.25) is 5.78 Å². The van der Waals surface area contributed by atoms with Crippen molar-refractivity contribution in [2.24, 2.45) is 5.41 Å². The third kappa shape index (κ3) is 5.55. The maximum Gasteiger partial charge on any atom is 0.203 e. The first-order valence-corrected chi connectivity index (χ1v) is 9.24. The van der Waals surface area contributed by atoms with E-state index in [1.165, 1.54) is 48.5 Å². The van der Waals surface area contributed by atoms with Crippen molar-refractivity contribution < 1.29 is 4.79 Å². The van der Waals surface area contributed by atoms with E-state index in [0.717, 1.165) is 5.57 Å². The fourth-order valence-electron chi connectivity index (χ4n) is 3.36. The highest BCUT2D eigenvalue weighted by molar-refractivity contribution is 6.03. The number of allylic oxidation sites excluding steroid dienone is 10. The van der Waals surface area contributed by atoms with Crippen LogP contribution >= 0.6 is 0 Å². The molecule has 0 radical (unpaired) electrons. The number of nitrogens with zero attached hydrogens (tertiary/aromatic N) is 1. The van der Waals surface area contributed by atoms with E-state index in [1.54, 1.807) is 6.08 Å². The normalized spacial score (nSPS) is 19.0. The highest BCUT2D eigenvalue weighted by Crippen LogP contribution is 2.40. The average molecular weight is 351 g/mol. The third-order valence-electron chi connectivity index (χ3n) is 4.90. The van der Waals surface area contributed by atoms with Gasteiger partial charge in [-0.1, -0.05) is 55.4 Å². The summed E-state index contributed by atoms with van der Waals surface area (Å²) in [5.41, 5.74) is 5.85. The number of imidazole rings is 1. The van der Waals surface area contributed by atoms with Crippen LogP contribution in [0.1, 0.15) is 64.4 Å². The monoisotopic (exact) mass is 350 g/mol. The van der Waals surface area contributed by atoms with Gasteiger partial charge in [0.1, 0.15) is 5.69 Å². The van der Waals surface area contributed by atoms with Crippen LogP contribution in [0.25, 0.3) is 0 Å². The molecule has 1 aliphatic carbocycles. The minimum absolute atomic E-state index is 0.0628. The Bertz CT molecular complexity index is 784. The maximum absolute atomic E-state index is 12.0. The second-order valence-electron chi connectivity index (χ2n) is 7.75. The number of H-pyrrole nitrogens is 1. The summed E-state index contributed by atoms with van der Waals surface area (Å²) in [4.78, 5) is 18.7. The molecule has 0 atom stereocenters. The average Bonchev–Trinajstić information content (AvgIpc) is 3.08. The molecule has 0 amide bonds. The Morgan fingerprint density at radius 3 is 2.65 bits per heavy atom. The zero-order valence-corrected chi connectivity index (χ0v) is 16.6. The summed E-state index contributed by atoms with van der Waals surface area (Å²) in [6.45, 7) is 10.9. The predicted molar refractivity (Wildman–Crippen MR) is 109 cm³/mol. The van der Waals surface area contributed by atoms with Crippen molar-refractivity contribution in [3.8, 4) is 0 Å². The molecule has 0 saturated heterocycles. The van der Waals surface area contributed by atoms with Crippen molar-refractivity contribution >= 4 is 5.78 Å². The molecule has 0 aromatic carbocycles. The molecule has 1 aromatic heterocycles. The van der Waals surface area contributed by atoms with Gasteiger partial charge in [-0.05, 0) is 62.7 Å². The molecule has 138 valence electrons. The molecule has 2 rings (SSSR count). The van der Waals surface area contributed by atoms with Gasteiger partial charge in [-0.2, -0.15) is 0 Å². The largest absolute Gasteiger partial charge is 0.342 e. The van der Waals surface area contributed by atoms with Gasteiger partial charge in [0.15, 0.2) is 0 Å². The topological polar surface area (TPSA) is 45.8 Å². The Hall–Kier alpha value is -2.42. The van der Waals surface area contributed by atoms with Crippen LogP contribution in [0.5, 0.6) is 0 Å². The third-order valence-corrected chi connectivity index (χ3v) is 4.90. The van der Waals surface area contributed by atoms with Crippen molar-refractivity contribution in [2.45, 2.75) is 53.9 Å². The molecule has 1 N–H and O–H groups in total. The fraction of sp³-hybridized carbons (Fsp3) is 0.391. The molecular weight excluding hydrogens is 320 g/mol. The molecule has 3 nitrogen and oxygen atoms in total. The number of ketones is 1. The van der Waals surface area contributed by atoms with E-state index in [2.05, 4.69) is 55.9 Å². The number of carbonyl (C=O) groups is 1. The van der Waals surface area contributed by atoms with Gasteiger partial charge in [0, 0.05) is 0 Å². The van der Waals surface area contributed by atoms with Crippen LogP contribution in [0.2, 0.25) is 0 Å². The lowest BCUT2D eigenvalue weighted by molar-refractivity contribution is 0.104. The Balaban J connectivity index is 2.01. The molecule has 0 aliphatic heterocycles. The van der Waals surface area contributed by atoms with E-state index in [4.69, 9.17) is 0 Å². The van der Waals surface area contributed by atoms with Crippen molar-refractivity contribution in [3.63, 3.8) is 0 Å². The van der Waals surface area contributed by atoms with Gasteiger partial charge < -0.3 is 4.98 Å². The van der Waals surface area contributed by atoms with Crippen LogP contribution in [0.3, 0.4) is 0 Å². The SMILES string of the molecule is CC(C=CC1=C(C)CCCC1(C)C)=CC=CC(C)=CC(=O)c1cnc[nH]1. The van der Waals surface area contributed by atoms with Crippen molar-refractivity contribution in [1.82, 2.24) is 9.97 Å². The second kappa shape index (κ2) is 8.79. The van der Waals surface area contributed by atoms with E-state index in [1.807, 2.05) is 19.1 Å². The second-order valence-corrected chi connectivity index (χ2v) is 7.75. The molecule has 1 aliphatic rings. The van der Waals surface area contributed by atoms with E-state index in [9.17, 15) is 4.79 Å². The summed E-state index contributed by atoms with van der Waals surface area (Å²) in [5.74, 6) is -0.0628. The van der Waals surface area contributed by atoms with Crippen molar-refractivity contribution in [3.05, 3.63) is 77.0 Å². The Labute approximate surface area is 157 Å². The maximum atomic E-state index is 12.0. The predicted octanol–water partition coefficient (Wildman–Crippen LogP) is 6.12. The number of aromatic amines is 1. The number of carbonyl (C=O) groups excluding carboxylic acids is 1.